The number of thiazole rings is 1. The van der Waals surface area contributed by atoms with Gasteiger partial charge in [-0.15, -0.1) is 11.3 Å². The van der Waals surface area contributed by atoms with Gasteiger partial charge in [0.2, 0.25) is 5.91 Å². The van der Waals surface area contributed by atoms with E-state index >= 15 is 0 Å². The van der Waals surface area contributed by atoms with Crippen LogP contribution in [0.4, 0.5) is 10.8 Å². The summed E-state index contributed by atoms with van der Waals surface area (Å²) in [7, 11) is 0. The van der Waals surface area contributed by atoms with Crippen LogP contribution in [0.1, 0.15) is 37.7 Å². The molecule has 160 valence electrons. The first-order valence-corrected chi connectivity index (χ1v) is 11.0. The van der Waals surface area contributed by atoms with Gasteiger partial charge < -0.3 is 5.32 Å². The molecule has 0 unspecified atom stereocenters. The minimum atomic E-state index is -0.272. The van der Waals surface area contributed by atoms with Gasteiger partial charge in [0.25, 0.3) is 5.91 Å². The van der Waals surface area contributed by atoms with Gasteiger partial charge in [-0.3, -0.25) is 24.8 Å². The Balaban J connectivity index is 1.37. The molecule has 3 aromatic rings. The molecule has 0 radical (unpaired) electrons. The summed E-state index contributed by atoms with van der Waals surface area (Å²) >= 11 is 1.46. The average Bonchev–Trinajstić information content (AvgIpc) is 3.12. The number of hydrogen-bond donors (Lipinski definition) is 2. The molecular weight excluding hydrogens is 410 g/mol. The van der Waals surface area contributed by atoms with Gasteiger partial charge in [0.05, 0.1) is 12.2 Å². The summed E-state index contributed by atoms with van der Waals surface area (Å²) in [5.74, 6) is -0.293. The molecule has 4 rings (SSSR count). The van der Waals surface area contributed by atoms with Crippen LogP contribution in [0.25, 0.3) is 0 Å². The van der Waals surface area contributed by atoms with Gasteiger partial charge in [0, 0.05) is 36.3 Å². The fourth-order valence-corrected chi connectivity index (χ4v) is 4.90. The molecule has 1 aliphatic rings. The molecule has 1 aromatic carbocycles. The van der Waals surface area contributed by atoms with E-state index in [1.807, 2.05) is 13.8 Å². The first-order chi connectivity index (χ1) is 14.9. The Morgan fingerprint density at radius 1 is 1.13 bits per heavy atom. The highest BCUT2D eigenvalue weighted by atomic mass is 32.1. The quantitative estimate of drug-likeness (QED) is 0.638. The minimum Gasteiger partial charge on any atom is -0.324 e. The van der Waals surface area contributed by atoms with Crippen LogP contribution in [0.2, 0.25) is 0 Å². The van der Waals surface area contributed by atoms with E-state index in [0.29, 0.717) is 23.9 Å². The lowest BCUT2D eigenvalue weighted by Gasteiger charge is -2.25. The number of fused-ring (bicyclic) bond motifs is 1. The maximum absolute atomic E-state index is 12.7. The Morgan fingerprint density at radius 3 is 2.61 bits per heavy atom. The third-order valence-corrected chi connectivity index (χ3v) is 6.23. The van der Waals surface area contributed by atoms with Crippen LogP contribution in [0, 0.1) is 20.8 Å². The molecule has 0 bridgehead atoms. The summed E-state index contributed by atoms with van der Waals surface area (Å²) in [6.07, 6.45) is 2.34. The Bertz CT molecular complexity index is 1100. The van der Waals surface area contributed by atoms with Gasteiger partial charge in [0.15, 0.2) is 5.13 Å². The van der Waals surface area contributed by atoms with Gasteiger partial charge in [0.1, 0.15) is 5.69 Å². The second kappa shape index (κ2) is 8.95. The van der Waals surface area contributed by atoms with Crippen LogP contribution in [-0.4, -0.2) is 39.8 Å². The highest BCUT2D eigenvalue weighted by molar-refractivity contribution is 7.15. The van der Waals surface area contributed by atoms with E-state index in [1.54, 1.807) is 24.4 Å². The molecule has 7 nitrogen and oxygen atoms in total. The second-order valence-corrected chi connectivity index (χ2v) is 8.92. The minimum absolute atomic E-state index is 0.0216. The van der Waals surface area contributed by atoms with Crippen LogP contribution < -0.4 is 10.6 Å². The number of hydrogen-bond acceptors (Lipinski definition) is 6. The summed E-state index contributed by atoms with van der Waals surface area (Å²) in [5, 5.41) is 6.47. The molecule has 0 saturated heterocycles. The molecule has 2 aromatic heterocycles. The van der Waals surface area contributed by atoms with E-state index in [2.05, 4.69) is 44.6 Å². The molecule has 2 N–H and O–H groups in total. The summed E-state index contributed by atoms with van der Waals surface area (Å²) in [6.45, 7) is 7.80. The summed E-state index contributed by atoms with van der Waals surface area (Å²) < 4.78 is 0. The number of carbonyl (C=O) groups is 2. The number of aromatic nitrogens is 2. The van der Waals surface area contributed by atoms with Crippen molar-refractivity contribution >= 4 is 34.0 Å². The topological polar surface area (TPSA) is 87.2 Å². The molecule has 0 aliphatic carbocycles. The summed E-state index contributed by atoms with van der Waals surface area (Å²) in [6, 6.07) is 9.37. The number of nitrogens with zero attached hydrogens (tertiary/aromatic N) is 3. The first kappa shape index (κ1) is 21.1. The lowest BCUT2D eigenvalue weighted by molar-refractivity contribution is -0.117. The molecule has 2 amide bonds. The monoisotopic (exact) mass is 435 g/mol. The van der Waals surface area contributed by atoms with E-state index in [-0.39, 0.29) is 11.8 Å². The van der Waals surface area contributed by atoms with Crippen LogP contribution in [0.5, 0.6) is 0 Å². The zero-order valence-electron chi connectivity index (χ0n) is 17.9. The number of benzene rings is 1. The number of nitrogens with one attached hydrogen (secondary N) is 2. The SMILES string of the molecule is Cc1cc(C)c(NC(=O)CN2CCc3nc(NC(=O)c4ccccn4)sc3C2)c(C)c1. The molecule has 0 fully saturated rings. The van der Waals surface area contributed by atoms with Gasteiger partial charge >= 0.3 is 0 Å². The number of pyridine rings is 1. The fraction of sp³-hybridized carbons (Fsp3) is 0.304. The van der Waals surface area contributed by atoms with Crippen molar-refractivity contribution < 1.29 is 9.59 Å². The van der Waals surface area contributed by atoms with Gasteiger partial charge in [-0.2, -0.15) is 0 Å². The maximum atomic E-state index is 12.7. The van der Waals surface area contributed by atoms with Crippen molar-refractivity contribution in [1.82, 2.24) is 14.9 Å². The molecule has 0 atom stereocenters. The average molecular weight is 436 g/mol. The molecule has 0 spiro atoms. The highest BCUT2D eigenvalue weighted by Crippen LogP contribution is 2.29. The van der Waals surface area contributed by atoms with E-state index in [1.165, 1.54) is 16.9 Å². The predicted molar refractivity (Wildman–Crippen MR) is 123 cm³/mol. The largest absolute Gasteiger partial charge is 0.324 e. The van der Waals surface area contributed by atoms with Crippen molar-refractivity contribution in [1.29, 1.82) is 0 Å². The van der Waals surface area contributed by atoms with Gasteiger partial charge in [-0.25, -0.2) is 4.98 Å². The van der Waals surface area contributed by atoms with Crippen molar-refractivity contribution in [3.05, 3.63) is 69.5 Å². The number of rotatable bonds is 5. The lowest BCUT2D eigenvalue weighted by Crippen LogP contribution is -2.36. The highest BCUT2D eigenvalue weighted by Gasteiger charge is 2.23. The molecule has 1 aliphatic heterocycles. The Hall–Kier alpha value is -3.10. The number of carbonyl (C=O) groups excluding carboxylic acids is 2. The van der Waals surface area contributed by atoms with Crippen molar-refractivity contribution in [2.75, 3.05) is 23.7 Å². The van der Waals surface area contributed by atoms with Crippen molar-refractivity contribution in [3.63, 3.8) is 0 Å². The number of aryl methyl sites for hydroxylation is 3. The second-order valence-electron chi connectivity index (χ2n) is 7.84. The predicted octanol–water partition coefficient (Wildman–Crippen LogP) is 3.71. The number of anilines is 2. The smallest absolute Gasteiger partial charge is 0.276 e. The van der Waals surface area contributed by atoms with Crippen LogP contribution in [0.3, 0.4) is 0 Å². The lowest BCUT2D eigenvalue weighted by atomic mass is 10.1. The standard InChI is InChI=1S/C23H25N5O2S/c1-14-10-15(2)21(16(3)11-14)26-20(29)13-28-9-7-17-19(12-28)31-23(25-17)27-22(30)18-6-4-5-8-24-18/h4-6,8,10-11H,7,9,12-13H2,1-3H3,(H,26,29)(H,25,27,30). The summed E-state index contributed by atoms with van der Waals surface area (Å²) in [5.41, 5.74) is 5.57. The zero-order valence-corrected chi connectivity index (χ0v) is 18.7. The maximum Gasteiger partial charge on any atom is 0.276 e. The molecule has 3 heterocycles. The summed E-state index contributed by atoms with van der Waals surface area (Å²) in [4.78, 5) is 36.8. The first-order valence-electron chi connectivity index (χ1n) is 10.2. The van der Waals surface area contributed by atoms with Crippen LogP contribution >= 0.6 is 11.3 Å². The Labute approximate surface area is 185 Å². The van der Waals surface area contributed by atoms with Gasteiger partial charge in [-0.05, 0) is 44.0 Å². The molecular formula is C23H25N5O2S. The number of amides is 2. The third-order valence-electron chi connectivity index (χ3n) is 5.24. The molecule has 31 heavy (non-hydrogen) atoms. The normalized spacial score (nSPS) is 13.5. The third kappa shape index (κ3) is 4.98. The van der Waals surface area contributed by atoms with Crippen LogP contribution in [-0.2, 0) is 17.8 Å². The zero-order chi connectivity index (χ0) is 22.0. The van der Waals surface area contributed by atoms with E-state index in [4.69, 9.17) is 0 Å². The van der Waals surface area contributed by atoms with Crippen molar-refractivity contribution in [3.8, 4) is 0 Å². The van der Waals surface area contributed by atoms with E-state index in [9.17, 15) is 9.59 Å². The molecule has 8 heteroatoms. The van der Waals surface area contributed by atoms with Crippen molar-refractivity contribution in [2.45, 2.75) is 33.7 Å². The van der Waals surface area contributed by atoms with Crippen molar-refractivity contribution in [2.24, 2.45) is 0 Å². The molecule has 0 saturated carbocycles. The van der Waals surface area contributed by atoms with E-state index in [0.717, 1.165) is 40.4 Å². The van der Waals surface area contributed by atoms with Crippen LogP contribution in [0.15, 0.2) is 36.5 Å². The fourth-order valence-electron chi connectivity index (χ4n) is 3.85. The van der Waals surface area contributed by atoms with E-state index < -0.39 is 0 Å². The Morgan fingerprint density at radius 2 is 1.90 bits per heavy atom. The Kier molecular flexibility index (Phi) is 6.11. The van der Waals surface area contributed by atoms with Gasteiger partial charge in [-0.1, -0.05) is 23.8 Å².